The largest absolute Gasteiger partial charge is 0.458 e. The monoisotopic (exact) mass is 370 g/mol. The molecule has 0 aliphatic carbocycles. The first-order valence-corrected chi connectivity index (χ1v) is 9.31. The van der Waals surface area contributed by atoms with Gasteiger partial charge in [0, 0.05) is 24.3 Å². The molecule has 0 N–H and O–H groups in total. The van der Waals surface area contributed by atoms with E-state index in [2.05, 4.69) is 4.98 Å². The smallest absolute Gasteiger partial charge is 0.256 e. The van der Waals surface area contributed by atoms with E-state index in [-0.39, 0.29) is 23.1 Å². The zero-order valence-corrected chi connectivity index (χ0v) is 14.8. The van der Waals surface area contributed by atoms with Crippen molar-refractivity contribution >= 4 is 33.8 Å². The molecule has 7 heteroatoms. The molecule has 5 nitrogen and oxygen atoms in total. The molecule has 0 spiro atoms. The maximum Gasteiger partial charge on any atom is 0.256 e. The molecule has 3 aromatic rings. The summed E-state index contributed by atoms with van der Waals surface area (Å²) < 4.78 is 19.6. The van der Waals surface area contributed by atoms with Crippen LogP contribution in [0, 0.1) is 5.82 Å². The van der Waals surface area contributed by atoms with Gasteiger partial charge in [0.25, 0.3) is 5.91 Å². The Morgan fingerprint density at radius 3 is 3.04 bits per heavy atom. The predicted octanol–water partition coefficient (Wildman–Crippen LogP) is 3.67. The minimum atomic E-state index is -0.490. The van der Waals surface area contributed by atoms with Gasteiger partial charge in [0.15, 0.2) is 0 Å². The van der Waals surface area contributed by atoms with E-state index in [0.29, 0.717) is 28.8 Å². The van der Waals surface area contributed by atoms with Gasteiger partial charge in [-0.2, -0.15) is 0 Å². The minimum Gasteiger partial charge on any atom is -0.458 e. The Morgan fingerprint density at radius 1 is 1.38 bits per heavy atom. The van der Waals surface area contributed by atoms with Crippen molar-refractivity contribution in [1.29, 1.82) is 0 Å². The van der Waals surface area contributed by atoms with E-state index in [1.54, 1.807) is 29.6 Å². The number of aromatic nitrogens is 1. The van der Waals surface area contributed by atoms with E-state index in [0.717, 1.165) is 23.7 Å². The van der Waals surface area contributed by atoms with Crippen molar-refractivity contribution in [3.63, 3.8) is 0 Å². The van der Waals surface area contributed by atoms with E-state index in [1.165, 1.54) is 12.1 Å². The van der Waals surface area contributed by atoms with Gasteiger partial charge in [0.05, 0.1) is 17.7 Å². The number of benzene rings is 1. The average molecular weight is 370 g/mol. The molecule has 1 aromatic carbocycles. The highest BCUT2D eigenvalue weighted by Gasteiger charge is 2.26. The van der Waals surface area contributed by atoms with Gasteiger partial charge in [0.2, 0.25) is 5.12 Å². The number of hydrogen-bond acceptors (Lipinski definition) is 5. The molecule has 1 amide bonds. The van der Waals surface area contributed by atoms with Crippen LogP contribution in [0.5, 0.6) is 0 Å². The molecule has 3 heterocycles. The first-order chi connectivity index (χ1) is 12.6. The Balaban J connectivity index is 1.66. The molecular weight excluding hydrogens is 355 g/mol. The number of nitrogens with zero attached hydrogens (tertiary/aromatic N) is 2. The normalized spacial score (nSPS) is 13.9. The molecule has 0 atom stereocenters. The van der Waals surface area contributed by atoms with Gasteiger partial charge in [-0.05, 0) is 42.5 Å². The molecule has 4 rings (SSSR count). The molecule has 0 saturated heterocycles. The standard InChI is InChI=1S/C19H15FN2O3S/c1-26-19(24)15-8-13(20)6-12-7-14(25-17(12)15)10-22-5-3-11-2-4-21-9-16(11)18(22)23/h2,4,6-9H,3,5,10H2,1H3. The SMILES string of the molecule is CSC(=O)c1cc(F)cc2cc(CN3CCc4ccncc4C3=O)oc12. The number of fused-ring (bicyclic) bond motifs is 2. The van der Waals surface area contributed by atoms with E-state index in [9.17, 15) is 14.0 Å². The van der Waals surface area contributed by atoms with Crippen LogP contribution in [0.15, 0.2) is 41.1 Å². The maximum absolute atomic E-state index is 13.8. The van der Waals surface area contributed by atoms with Gasteiger partial charge in [0.1, 0.15) is 17.2 Å². The van der Waals surface area contributed by atoms with Gasteiger partial charge in [-0.15, -0.1) is 0 Å². The molecule has 2 aromatic heterocycles. The van der Waals surface area contributed by atoms with Crippen LogP contribution in [-0.2, 0) is 13.0 Å². The number of hydrogen-bond donors (Lipinski definition) is 0. The highest BCUT2D eigenvalue weighted by molar-refractivity contribution is 8.13. The number of furan rings is 1. The molecule has 132 valence electrons. The summed E-state index contributed by atoms with van der Waals surface area (Å²) in [4.78, 5) is 30.4. The molecule has 0 saturated carbocycles. The molecule has 0 unspecified atom stereocenters. The van der Waals surface area contributed by atoms with E-state index in [4.69, 9.17) is 4.42 Å². The number of rotatable bonds is 3. The third-order valence-corrected chi connectivity index (χ3v) is 5.05. The lowest BCUT2D eigenvalue weighted by Crippen LogP contribution is -2.37. The molecule has 1 aliphatic rings. The van der Waals surface area contributed by atoms with E-state index >= 15 is 0 Å². The third kappa shape index (κ3) is 2.88. The highest BCUT2D eigenvalue weighted by Crippen LogP contribution is 2.28. The lowest BCUT2D eigenvalue weighted by atomic mass is 10.0. The number of amides is 1. The van der Waals surface area contributed by atoms with Crippen LogP contribution in [0.1, 0.15) is 32.0 Å². The van der Waals surface area contributed by atoms with Crippen LogP contribution >= 0.6 is 11.8 Å². The summed E-state index contributed by atoms with van der Waals surface area (Å²) in [7, 11) is 0. The van der Waals surface area contributed by atoms with Crippen molar-refractivity contribution in [2.24, 2.45) is 0 Å². The Labute approximate surface area is 153 Å². The Kier molecular flexibility index (Phi) is 4.24. The Bertz CT molecular complexity index is 1030. The van der Waals surface area contributed by atoms with Gasteiger partial charge in [-0.25, -0.2) is 4.39 Å². The topological polar surface area (TPSA) is 63.4 Å². The van der Waals surface area contributed by atoms with Crippen LogP contribution in [0.3, 0.4) is 0 Å². The average Bonchev–Trinajstić information content (AvgIpc) is 3.05. The van der Waals surface area contributed by atoms with Crippen LogP contribution in [0.4, 0.5) is 4.39 Å². The summed E-state index contributed by atoms with van der Waals surface area (Å²) in [5.74, 6) is -0.0795. The minimum absolute atomic E-state index is 0.105. The summed E-state index contributed by atoms with van der Waals surface area (Å²) in [5.41, 5.74) is 2.14. The fraction of sp³-hybridized carbons (Fsp3) is 0.211. The van der Waals surface area contributed by atoms with Gasteiger partial charge < -0.3 is 9.32 Å². The van der Waals surface area contributed by atoms with Gasteiger partial charge >= 0.3 is 0 Å². The van der Waals surface area contributed by atoms with Gasteiger partial charge in [-0.3, -0.25) is 14.6 Å². The maximum atomic E-state index is 13.8. The summed E-state index contributed by atoms with van der Waals surface area (Å²) in [6.45, 7) is 0.828. The molecular formula is C19H15FN2O3S. The Morgan fingerprint density at radius 2 is 2.23 bits per heavy atom. The lowest BCUT2D eigenvalue weighted by molar-refractivity contribution is 0.0715. The summed E-state index contributed by atoms with van der Waals surface area (Å²) in [6.07, 6.45) is 5.64. The number of pyridine rings is 1. The molecule has 0 fully saturated rings. The quantitative estimate of drug-likeness (QED) is 0.704. The summed E-state index contributed by atoms with van der Waals surface area (Å²) >= 11 is 1.00. The lowest BCUT2D eigenvalue weighted by Gasteiger charge is -2.27. The van der Waals surface area contributed by atoms with Crippen LogP contribution in [0.25, 0.3) is 11.0 Å². The molecule has 26 heavy (non-hydrogen) atoms. The molecule has 0 radical (unpaired) electrons. The van der Waals surface area contributed by atoms with Crippen molar-refractivity contribution in [1.82, 2.24) is 9.88 Å². The van der Waals surface area contributed by atoms with Crippen molar-refractivity contribution in [2.75, 3.05) is 12.8 Å². The highest BCUT2D eigenvalue weighted by atomic mass is 32.2. The van der Waals surface area contributed by atoms with Crippen LogP contribution < -0.4 is 0 Å². The van der Waals surface area contributed by atoms with Gasteiger partial charge in [-0.1, -0.05) is 11.8 Å². The zero-order chi connectivity index (χ0) is 18.3. The van der Waals surface area contributed by atoms with Crippen molar-refractivity contribution < 1.29 is 18.4 Å². The number of halogens is 1. The second kappa shape index (κ2) is 6.57. The Hall–Kier alpha value is -2.67. The zero-order valence-electron chi connectivity index (χ0n) is 14.0. The predicted molar refractivity (Wildman–Crippen MR) is 96.7 cm³/mol. The second-order valence-corrected chi connectivity index (χ2v) is 6.86. The summed E-state index contributed by atoms with van der Waals surface area (Å²) in [6, 6.07) is 6.05. The fourth-order valence-corrected chi connectivity index (χ4v) is 3.58. The first-order valence-electron chi connectivity index (χ1n) is 8.09. The second-order valence-electron chi connectivity index (χ2n) is 6.09. The third-order valence-electron chi connectivity index (χ3n) is 4.46. The first kappa shape index (κ1) is 16.8. The summed E-state index contributed by atoms with van der Waals surface area (Å²) in [5, 5.41) is 0.258. The van der Waals surface area contributed by atoms with Crippen molar-refractivity contribution in [3.05, 3.63) is 64.9 Å². The molecule has 0 bridgehead atoms. The number of carbonyl (C=O) groups is 2. The van der Waals surface area contributed by atoms with Crippen LogP contribution in [-0.4, -0.2) is 33.7 Å². The van der Waals surface area contributed by atoms with Crippen molar-refractivity contribution in [3.8, 4) is 0 Å². The van der Waals surface area contributed by atoms with E-state index < -0.39 is 5.82 Å². The van der Waals surface area contributed by atoms with E-state index in [1.807, 2.05) is 6.07 Å². The number of thioether (sulfide) groups is 1. The fourth-order valence-electron chi connectivity index (χ4n) is 3.21. The molecule has 1 aliphatic heterocycles. The van der Waals surface area contributed by atoms with Crippen molar-refractivity contribution in [2.45, 2.75) is 13.0 Å². The van der Waals surface area contributed by atoms with Crippen LogP contribution in [0.2, 0.25) is 0 Å². The number of carbonyl (C=O) groups excluding carboxylic acids is 2.